The molecule has 0 saturated heterocycles. The van der Waals surface area contributed by atoms with Gasteiger partial charge < -0.3 is 10.2 Å². The molecule has 1 unspecified atom stereocenters. The lowest BCUT2D eigenvalue weighted by molar-refractivity contribution is -0.131. The van der Waals surface area contributed by atoms with Crippen LogP contribution in [-0.2, 0) is 4.79 Å². The molecular formula is C11H19ClN2OS. The van der Waals surface area contributed by atoms with E-state index in [0.29, 0.717) is 0 Å². The minimum absolute atomic E-state index is 0. The zero-order valence-electron chi connectivity index (χ0n) is 9.90. The molecular weight excluding hydrogens is 244 g/mol. The first-order chi connectivity index (χ1) is 7.16. The Morgan fingerprint density at radius 3 is 2.81 bits per heavy atom. The molecule has 1 aromatic heterocycles. The number of carbonyl (C=O) groups is 1. The largest absolute Gasteiger partial charge is 0.344 e. The van der Waals surface area contributed by atoms with Gasteiger partial charge in [-0.3, -0.25) is 4.79 Å². The molecule has 0 radical (unpaired) electrons. The van der Waals surface area contributed by atoms with Gasteiger partial charge in [-0.1, -0.05) is 0 Å². The molecule has 0 aliphatic rings. The number of thiophene rings is 1. The van der Waals surface area contributed by atoms with Crippen molar-refractivity contribution < 1.29 is 4.79 Å². The number of nitrogens with one attached hydrogen (secondary N) is 1. The molecule has 0 spiro atoms. The first-order valence-corrected chi connectivity index (χ1v) is 6.02. The topological polar surface area (TPSA) is 32.3 Å². The van der Waals surface area contributed by atoms with Crippen molar-refractivity contribution in [3.8, 4) is 0 Å². The Bertz CT molecular complexity index is 303. The molecule has 1 rings (SSSR count). The van der Waals surface area contributed by atoms with Gasteiger partial charge in [-0.15, -0.1) is 12.4 Å². The van der Waals surface area contributed by atoms with E-state index in [1.807, 2.05) is 37.8 Å². The second-order valence-electron chi connectivity index (χ2n) is 3.64. The van der Waals surface area contributed by atoms with Gasteiger partial charge in [0.15, 0.2) is 0 Å². The third-order valence-electron chi connectivity index (χ3n) is 2.49. The summed E-state index contributed by atoms with van der Waals surface area (Å²) >= 11 is 1.63. The first-order valence-electron chi connectivity index (χ1n) is 5.08. The number of hydrogen-bond donors (Lipinski definition) is 1. The maximum atomic E-state index is 12.0. The molecule has 1 amide bonds. The summed E-state index contributed by atoms with van der Waals surface area (Å²) in [6.45, 7) is 3.54. The average Bonchev–Trinajstić information content (AvgIpc) is 2.77. The van der Waals surface area contributed by atoms with Gasteiger partial charge in [0.1, 0.15) is 0 Å². The van der Waals surface area contributed by atoms with Crippen molar-refractivity contribution in [2.24, 2.45) is 0 Å². The Morgan fingerprint density at radius 1 is 1.62 bits per heavy atom. The zero-order chi connectivity index (χ0) is 11.3. The molecule has 0 aromatic carbocycles. The first kappa shape index (κ1) is 15.4. The lowest BCUT2D eigenvalue weighted by Crippen LogP contribution is -2.35. The highest BCUT2D eigenvalue weighted by Gasteiger charge is 2.18. The van der Waals surface area contributed by atoms with E-state index in [4.69, 9.17) is 0 Å². The van der Waals surface area contributed by atoms with Crippen molar-refractivity contribution in [1.29, 1.82) is 0 Å². The zero-order valence-corrected chi connectivity index (χ0v) is 11.5. The SMILES string of the molecule is CNCCN(C)C(=O)C(C)c1ccsc1.Cl. The van der Waals surface area contributed by atoms with Gasteiger partial charge in [0, 0.05) is 20.1 Å². The summed E-state index contributed by atoms with van der Waals surface area (Å²) in [5.74, 6) is 0.154. The molecule has 3 nitrogen and oxygen atoms in total. The van der Waals surface area contributed by atoms with Crippen LogP contribution in [0.2, 0.25) is 0 Å². The van der Waals surface area contributed by atoms with Crippen molar-refractivity contribution in [1.82, 2.24) is 10.2 Å². The highest BCUT2D eigenvalue weighted by molar-refractivity contribution is 7.08. The van der Waals surface area contributed by atoms with Gasteiger partial charge >= 0.3 is 0 Å². The van der Waals surface area contributed by atoms with Crippen LogP contribution in [-0.4, -0.2) is 38.0 Å². The quantitative estimate of drug-likeness (QED) is 0.880. The van der Waals surface area contributed by atoms with Gasteiger partial charge in [0.05, 0.1) is 5.92 Å². The van der Waals surface area contributed by atoms with Crippen LogP contribution in [0.1, 0.15) is 18.4 Å². The predicted molar refractivity (Wildman–Crippen MR) is 71.5 cm³/mol. The summed E-state index contributed by atoms with van der Waals surface area (Å²) in [6, 6.07) is 2.01. The maximum Gasteiger partial charge on any atom is 0.229 e. The van der Waals surface area contributed by atoms with E-state index in [2.05, 4.69) is 5.32 Å². The van der Waals surface area contributed by atoms with E-state index in [0.717, 1.165) is 18.7 Å². The van der Waals surface area contributed by atoms with Crippen molar-refractivity contribution in [3.05, 3.63) is 22.4 Å². The summed E-state index contributed by atoms with van der Waals surface area (Å²) < 4.78 is 0. The lowest BCUT2D eigenvalue weighted by atomic mass is 10.0. The van der Waals surface area contributed by atoms with Crippen LogP contribution in [0, 0.1) is 0 Å². The van der Waals surface area contributed by atoms with Crippen LogP contribution in [0.25, 0.3) is 0 Å². The lowest BCUT2D eigenvalue weighted by Gasteiger charge is -2.20. The van der Waals surface area contributed by atoms with Crippen LogP contribution in [0.4, 0.5) is 0 Å². The second kappa shape index (κ2) is 7.65. The Morgan fingerprint density at radius 2 is 2.31 bits per heavy atom. The van der Waals surface area contributed by atoms with E-state index in [1.165, 1.54) is 0 Å². The van der Waals surface area contributed by atoms with Crippen molar-refractivity contribution in [2.45, 2.75) is 12.8 Å². The van der Waals surface area contributed by atoms with E-state index in [1.54, 1.807) is 16.2 Å². The highest BCUT2D eigenvalue weighted by atomic mass is 35.5. The summed E-state index contributed by atoms with van der Waals surface area (Å²) in [6.07, 6.45) is 0. The number of amides is 1. The maximum absolute atomic E-state index is 12.0. The van der Waals surface area contributed by atoms with Crippen LogP contribution in [0.3, 0.4) is 0 Å². The number of carbonyl (C=O) groups excluding carboxylic acids is 1. The number of rotatable bonds is 5. The van der Waals surface area contributed by atoms with Gasteiger partial charge in [0.2, 0.25) is 5.91 Å². The van der Waals surface area contributed by atoms with Crippen molar-refractivity contribution in [2.75, 3.05) is 27.2 Å². The second-order valence-corrected chi connectivity index (χ2v) is 4.42. The molecule has 0 aliphatic carbocycles. The standard InChI is InChI=1S/C11H18N2OS.ClH/c1-9(10-4-7-15-8-10)11(14)13(3)6-5-12-2;/h4,7-9,12H,5-6H2,1-3H3;1H. The number of nitrogens with zero attached hydrogens (tertiary/aromatic N) is 1. The van der Waals surface area contributed by atoms with Gasteiger partial charge in [-0.2, -0.15) is 11.3 Å². The Labute approximate surface area is 107 Å². The molecule has 1 N–H and O–H groups in total. The van der Waals surface area contributed by atoms with E-state index in [9.17, 15) is 4.79 Å². The van der Waals surface area contributed by atoms with E-state index < -0.39 is 0 Å². The highest BCUT2D eigenvalue weighted by Crippen LogP contribution is 2.19. The number of halogens is 1. The molecule has 0 fully saturated rings. The molecule has 0 bridgehead atoms. The summed E-state index contributed by atoms with van der Waals surface area (Å²) in [7, 11) is 3.74. The number of hydrogen-bond acceptors (Lipinski definition) is 3. The molecule has 1 atom stereocenters. The molecule has 1 aromatic rings. The smallest absolute Gasteiger partial charge is 0.229 e. The molecule has 5 heteroatoms. The average molecular weight is 263 g/mol. The molecule has 0 aliphatic heterocycles. The number of likely N-dealkylation sites (N-methyl/N-ethyl adjacent to an activating group) is 2. The fourth-order valence-corrected chi connectivity index (χ4v) is 2.14. The molecule has 92 valence electrons. The third kappa shape index (κ3) is 4.12. The fourth-order valence-electron chi connectivity index (χ4n) is 1.38. The van der Waals surface area contributed by atoms with Crippen molar-refractivity contribution in [3.63, 3.8) is 0 Å². The Kier molecular flexibility index (Phi) is 7.38. The monoisotopic (exact) mass is 262 g/mol. The Balaban J connectivity index is 0.00000225. The minimum atomic E-state index is -0.0295. The van der Waals surface area contributed by atoms with Gasteiger partial charge in [-0.05, 0) is 36.4 Å². The predicted octanol–water partition coefficient (Wildman–Crippen LogP) is 1.95. The minimum Gasteiger partial charge on any atom is -0.344 e. The normalized spacial score (nSPS) is 11.7. The van der Waals surface area contributed by atoms with E-state index >= 15 is 0 Å². The van der Waals surface area contributed by atoms with Crippen molar-refractivity contribution >= 4 is 29.7 Å². The summed E-state index contributed by atoms with van der Waals surface area (Å²) in [4.78, 5) is 13.7. The molecule has 1 heterocycles. The van der Waals surface area contributed by atoms with E-state index in [-0.39, 0.29) is 24.2 Å². The van der Waals surface area contributed by atoms with Gasteiger partial charge in [0.25, 0.3) is 0 Å². The fraction of sp³-hybridized carbons (Fsp3) is 0.545. The van der Waals surface area contributed by atoms with Gasteiger partial charge in [-0.25, -0.2) is 0 Å². The molecule has 0 saturated carbocycles. The van der Waals surface area contributed by atoms with Crippen LogP contribution in [0.5, 0.6) is 0 Å². The Hall–Kier alpha value is -0.580. The summed E-state index contributed by atoms with van der Waals surface area (Å²) in [5, 5.41) is 7.08. The molecule has 16 heavy (non-hydrogen) atoms. The van der Waals surface area contributed by atoms with Crippen LogP contribution >= 0.6 is 23.7 Å². The third-order valence-corrected chi connectivity index (χ3v) is 3.19. The van der Waals surface area contributed by atoms with Crippen LogP contribution in [0.15, 0.2) is 16.8 Å². The summed E-state index contributed by atoms with van der Waals surface area (Å²) in [5.41, 5.74) is 1.11. The van der Waals surface area contributed by atoms with Crippen LogP contribution < -0.4 is 5.32 Å².